The average molecular weight is 1190 g/mol. The molecule has 2 aliphatic heterocycles. The van der Waals surface area contributed by atoms with Gasteiger partial charge in [-0.2, -0.15) is 9.97 Å². The molecule has 5 N–H and O–H groups in total. The Labute approximate surface area is 438 Å². The monoisotopic (exact) mass is 1180 g/mol. The number of halogens is 3. The van der Waals surface area contributed by atoms with E-state index in [9.17, 15) is 0 Å². The molecule has 6 heterocycles. The van der Waals surface area contributed by atoms with Crippen LogP contribution >= 0.6 is 56.8 Å². The molecule has 8 rings (SSSR count). The first kappa shape index (κ1) is 52.9. The van der Waals surface area contributed by atoms with Gasteiger partial charge >= 0.3 is 0 Å². The Kier molecular flexibility index (Phi) is 19.1. The van der Waals surface area contributed by atoms with Crippen molar-refractivity contribution in [2.45, 2.75) is 13.8 Å². The number of aryl methyl sites for hydroxylation is 2. The number of piperazine rings is 2. The maximum Gasteiger partial charge on any atom is 0.229 e. The molecule has 18 nitrogen and oxygen atoms in total. The molecule has 368 valence electrons. The third-order valence-electron chi connectivity index (χ3n) is 11.4. The summed E-state index contributed by atoms with van der Waals surface area (Å²) in [4.78, 5) is 39.5. The van der Waals surface area contributed by atoms with Crippen LogP contribution in [0.15, 0.2) is 73.3 Å². The number of hydrogen-bond acceptors (Lipinski definition) is 18. The minimum absolute atomic E-state index is 0.216. The van der Waals surface area contributed by atoms with E-state index in [-0.39, 0.29) is 5.28 Å². The van der Waals surface area contributed by atoms with Crippen LogP contribution in [0.5, 0.6) is 11.5 Å². The first-order valence-corrected chi connectivity index (χ1v) is 24.8. The number of aromatic nitrogens is 6. The molecule has 21 heteroatoms. The van der Waals surface area contributed by atoms with Crippen molar-refractivity contribution in [2.24, 2.45) is 0 Å². The van der Waals surface area contributed by atoms with Gasteiger partial charge in [-0.15, -0.1) is 0 Å². The Bertz CT molecular complexity index is 2650. The molecule has 2 fully saturated rings. The average Bonchev–Trinajstić information content (AvgIpc) is 3.33. The van der Waals surface area contributed by atoms with Crippen LogP contribution < -0.4 is 50.8 Å². The highest BCUT2D eigenvalue weighted by Crippen LogP contribution is 2.36. The van der Waals surface area contributed by atoms with E-state index in [1.54, 1.807) is 39.0 Å². The molecule has 0 unspecified atom stereocenters. The summed E-state index contributed by atoms with van der Waals surface area (Å²) in [6.45, 7) is 12.7. The fourth-order valence-electron chi connectivity index (χ4n) is 7.62. The van der Waals surface area contributed by atoms with Crippen molar-refractivity contribution in [1.29, 1.82) is 0 Å². The summed E-state index contributed by atoms with van der Waals surface area (Å²) < 4.78 is 12.8. The second-order valence-electron chi connectivity index (χ2n) is 16.9. The van der Waals surface area contributed by atoms with E-state index in [0.717, 1.165) is 99.7 Å². The number of ether oxygens (including phenoxy) is 2. The topological polar surface area (TPSA) is 177 Å². The van der Waals surface area contributed by atoms with Crippen molar-refractivity contribution in [3.8, 4) is 11.5 Å². The second-order valence-corrected chi connectivity index (χ2v) is 19.6. The van der Waals surface area contributed by atoms with Crippen molar-refractivity contribution in [3.05, 3.63) is 96.9 Å². The van der Waals surface area contributed by atoms with Crippen LogP contribution in [0.3, 0.4) is 0 Å². The zero-order valence-electron chi connectivity index (χ0n) is 41.0. The van der Waals surface area contributed by atoms with Crippen molar-refractivity contribution in [3.63, 3.8) is 0 Å². The first-order valence-electron chi connectivity index (χ1n) is 22.3. The highest BCUT2D eigenvalue weighted by molar-refractivity contribution is 14.1. The SMILES string of the molecule is CN(C)c1ncccc1Nc1nc(Cl)ncc1I.COc1cc(N2CCN(C)CC2)c(C)cc1N.COc1cc(N2CCN(C)CC2)c(C)cc1Nc1ncc(I)c(Nc2cccnc2N(C)C)n1. The van der Waals surface area contributed by atoms with Crippen LogP contribution in [0.2, 0.25) is 5.28 Å². The molecule has 0 radical (unpaired) electrons. The van der Waals surface area contributed by atoms with Crippen LogP contribution in [-0.2, 0) is 0 Å². The Morgan fingerprint density at radius 1 is 0.609 bits per heavy atom. The molecule has 2 aliphatic rings. The summed E-state index contributed by atoms with van der Waals surface area (Å²) in [5.41, 5.74) is 14.0. The van der Waals surface area contributed by atoms with Crippen molar-refractivity contribution < 1.29 is 9.47 Å². The number of nitrogen functional groups attached to an aromatic ring is 1. The first-order chi connectivity index (χ1) is 33.0. The predicted octanol–water partition coefficient (Wildman–Crippen LogP) is 8.38. The van der Waals surface area contributed by atoms with Gasteiger partial charge in [0.15, 0.2) is 11.6 Å². The van der Waals surface area contributed by atoms with Gasteiger partial charge in [-0.3, -0.25) is 0 Å². The van der Waals surface area contributed by atoms with E-state index in [1.807, 2.05) is 68.3 Å². The van der Waals surface area contributed by atoms with Crippen LogP contribution in [0.4, 0.5) is 63.3 Å². The summed E-state index contributed by atoms with van der Waals surface area (Å²) in [7, 11) is 15.5. The normalized spacial score (nSPS) is 13.9. The van der Waals surface area contributed by atoms with Crippen LogP contribution in [-0.4, -0.2) is 149 Å². The van der Waals surface area contributed by atoms with Gasteiger partial charge in [0.25, 0.3) is 0 Å². The summed E-state index contributed by atoms with van der Waals surface area (Å²) in [6, 6.07) is 15.9. The third-order valence-corrected chi connectivity index (χ3v) is 13.1. The molecule has 6 aromatic rings. The number of nitrogens with zero attached hydrogens (tertiary/aromatic N) is 12. The highest BCUT2D eigenvalue weighted by Gasteiger charge is 2.20. The number of pyridine rings is 2. The summed E-state index contributed by atoms with van der Waals surface area (Å²) in [5, 5.41) is 10.2. The quantitative estimate of drug-likeness (QED) is 0.0522. The number of hydrogen-bond donors (Lipinski definition) is 4. The molecule has 0 saturated carbocycles. The molecule has 0 spiro atoms. The summed E-state index contributed by atoms with van der Waals surface area (Å²) in [5.74, 6) is 5.07. The number of benzene rings is 2. The molecule has 4 aromatic heterocycles. The Morgan fingerprint density at radius 2 is 1.07 bits per heavy atom. The minimum Gasteiger partial charge on any atom is -0.495 e. The lowest BCUT2D eigenvalue weighted by Gasteiger charge is -2.35. The zero-order chi connectivity index (χ0) is 49.8. The summed E-state index contributed by atoms with van der Waals surface area (Å²) >= 11 is 10.2. The molecular weight excluding hydrogens is 1120 g/mol. The minimum atomic E-state index is 0.216. The smallest absolute Gasteiger partial charge is 0.229 e. The fraction of sp³-hybridized carbons (Fsp3) is 0.375. The van der Waals surface area contributed by atoms with Crippen LogP contribution in [0.25, 0.3) is 0 Å². The van der Waals surface area contributed by atoms with E-state index < -0.39 is 0 Å². The lowest BCUT2D eigenvalue weighted by Crippen LogP contribution is -2.44. The standard InChI is InChI=1S/C24H31IN8O.C13H21N3O.C11H11ClIN5/c1-16-13-19(21(34-5)14-20(16)33-11-9-32(4)10-12-33)29-24-27-15-17(25)22(30-24)28-18-7-6-8-26-23(18)31(2)3;1-10-8-11(14)13(17-3)9-12(10)16-6-4-15(2)5-7-16;1-18(2)10-8(4-3-5-14-10)16-9-7(13)6-15-11(12)17-9/h6-8,13-15H,9-12H2,1-5H3,(H2,27,28,29,30);8-9H,4-7,14H2,1-3H3;3-6H,1-2H3,(H,15,16,17). The molecule has 0 bridgehead atoms. The molecule has 0 atom stereocenters. The Morgan fingerprint density at radius 3 is 1.57 bits per heavy atom. The lowest BCUT2D eigenvalue weighted by atomic mass is 10.1. The molecule has 69 heavy (non-hydrogen) atoms. The van der Waals surface area contributed by atoms with E-state index in [4.69, 9.17) is 31.8 Å². The van der Waals surface area contributed by atoms with E-state index in [1.165, 1.54) is 22.5 Å². The molecular formula is C48H63ClI2N16O2. The second kappa shape index (κ2) is 24.9. The zero-order valence-corrected chi connectivity index (χ0v) is 46.1. The van der Waals surface area contributed by atoms with Gasteiger partial charge in [0.1, 0.15) is 23.1 Å². The van der Waals surface area contributed by atoms with E-state index in [2.05, 4.69) is 152 Å². The van der Waals surface area contributed by atoms with Crippen LogP contribution in [0, 0.1) is 21.0 Å². The van der Waals surface area contributed by atoms with Crippen LogP contribution in [0.1, 0.15) is 11.1 Å². The molecule has 2 saturated heterocycles. The van der Waals surface area contributed by atoms with Crippen molar-refractivity contribution in [2.75, 3.05) is 150 Å². The molecule has 0 aliphatic carbocycles. The predicted molar refractivity (Wildman–Crippen MR) is 301 cm³/mol. The van der Waals surface area contributed by atoms with Gasteiger partial charge in [0.05, 0.1) is 44.1 Å². The Balaban J connectivity index is 0.000000188. The van der Waals surface area contributed by atoms with E-state index in [0.29, 0.717) is 23.3 Å². The fourth-order valence-corrected chi connectivity index (χ4v) is 8.54. The number of likely N-dealkylation sites (N-methyl/N-ethyl adjacent to an activating group) is 2. The maximum absolute atomic E-state index is 5.90. The number of rotatable bonds is 12. The number of nitrogens with one attached hydrogen (secondary N) is 3. The van der Waals surface area contributed by atoms with Gasteiger partial charge in [0.2, 0.25) is 11.2 Å². The number of anilines is 11. The van der Waals surface area contributed by atoms with Gasteiger partial charge in [-0.25, -0.2) is 19.9 Å². The van der Waals surface area contributed by atoms with E-state index >= 15 is 0 Å². The highest BCUT2D eigenvalue weighted by atomic mass is 127. The van der Waals surface area contributed by atoms with Gasteiger partial charge in [0, 0.05) is 129 Å². The largest absolute Gasteiger partial charge is 0.495 e. The number of methoxy groups -OCH3 is 2. The van der Waals surface area contributed by atoms with Gasteiger partial charge < -0.3 is 60.6 Å². The number of nitrogens with two attached hydrogens (primary N) is 1. The van der Waals surface area contributed by atoms with Gasteiger partial charge in [-0.1, -0.05) is 0 Å². The molecule has 2 aromatic carbocycles. The Hall–Kier alpha value is -5.43. The maximum atomic E-state index is 5.90. The van der Waals surface area contributed by atoms with Crippen molar-refractivity contribution in [1.82, 2.24) is 39.7 Å². The summed E-state index contributed by atoms with van der Waals surface area (Å²) in [6.07, 6.45) is 6.99. The third kappa shape index (κ3) is 14.3. The lowest BCUT2D eigenvalue weighted by molar-refractivity contribution is 0.312. The van der Waals surface area contributed by atoms with Crippen molar-refractivity contribution >= 4 is 120 Å². The molecule has 0 amide bonds. The van der Waals surface area contributed by atoms with Gasteiger partial charge in [-0.05, 0) is 132 Å².